The van der Waals surface area contributed by atoms with Crippen LogP contribution in [0.5, 0.6) is 0 Å². The van der Waals surface area contributed by atoms with E-state index in [2.05, 4.69) is 31.2 Å². The first-order valence-corrected chi connectivity index (χ1v) is 7.70. The van der Waals surface area contributed by atoms with Crippen LogP contribution in [0.25, 0.3) is 0 Å². The second-order valence-corrected chi connectivity index (χ2v) is 6.34. The zero-order chi connectivity index (χ0) is 13.8. The third-order valence-corrected chi connectivity index (χ3v) is 4.47. The van der Waals surface area contributed by atoms with Crippen molar-refractivity contribution >= 4 is 35.0 Å². The molecule has 2 N–H and O–H groups in total. The molecule has 4 heteroatoms. The first-order valence-electron chi connectivity index (χ1n) is 5.96. The smallest absolute Gasteiger partial charge is 0.0455 e. The van der Waals surface area contributed by atoms with Gasteiger partial charge in [-0.25, -0.2) is 0 Å². The number of aryl methyl sites for hydroxylation is 1. The van der Waals surface area contributed by atoms with E-state index in [0.29, 0.717) is 10.0 Å². The lowest BCUT2D eigenvalue weighted by Crippen LogP contribution is -2.13. The highest BCUT2D eigenvalue weighted by Crippen LogP contribution is 2.29. The van der Waals surface area contributed by atoms with Gasteiger partial charge >= 0.3 is 0 Å². The molecule has 0 heterocycles. The van der Waals surface area contributed by atoms with Crippen LogP contribution in [0.2, 0.25) is 10.0 Å². The lowest BCUT2D eigenvalue weighted by molar-refractivity contribution is 0.831. The van der Waals surface area contributed by atoms with E-state index < -0.39 is 0 Å². The van der Waals surface area contributed by atoms with Crippen molar-refractivity contribution in [2.75, 3.05) is 5.75 Å². The first kappa shape index (κ1) is 14.7. The molecular formula is C15H15Cl2NS. The molecule has 1 atom stereocenters. The predicted octanol–water partition coefficient (Wildman–Crippen LogP) is 5.09. The summed E-state index contributed by atoms with van der Waals surface area (Å²) < 4.78 is 0. The highest BCUT2D eigenvalue weighted by Gasteiger charge is 2.11. The van der Waals surface area contributed by atoms with Crippen molar-refractivity contribution in [1.29, 1.82) is 0 Å². The lowest BCUT2D eigenvalue weighted by Gasteiger charge is -2.14. The summed E-state index contributed by atoms with van der Waals surface area (Å²) >= 11 is 13.9. The van der Waals surface area contributed by atoms with E-state index in [4.69, 9.17) is 28.9 Å². The molecule has 1 unspecified atom stereocenters. The highest BCUT2D eigenvalue weighted by atomic mass is 35.5. The summed E-state index contributed by atoms with van der Waals surface area (Å²) in [6.45, 7) is 2.08. The molecule has 0 saturated heterocycles. The van der Waals surface area contributed by atoms with Gasteiger partial charge in [0.2, 0.25) is 0 Å². The first-order chi connectivity index (χ1) is 9.06. The Labute approximate surface area is 128 Å². The minimum absolute atomic E-state index is 0.128. The van der Waals surface area contributed by atoms with Crippen molar-refractivity contribution in [3.63, 3.8) is 0 Å². The van der Waals surface area contributed by atoms with Crippen LogP contribution in [0.15, 0.2) is 47.4 Å². The molecule has 0 aliphatic rings. The third-order valence-electron chi connectivity index (χ3n) is 2.78. The Hall–Kier alpha value is -0.670. The van der Waals surface area contributed by atoms with Crippen LogP contribution in [0.1, 0.15) is 17.2 Å². The summed E-state index contributed by atoms with van der Waals surface area (Å²) in [6.07, 6.45) is 0. The number of hydrogen-bond donors (Lipinski definition) is 1. The molecule has 0 spiro atoms. The van der Waals surface area contributed by atoms with Crippen molar-refractivity contribution in [3.05, 3.63) is 63.6 Å². The highest BCUT2D eigenvalue weighted by molar-refractivity contribution is 7.99. The fraction of sp³-hybridized carbons (Fsp3) is 0.200. The van der Waals surface area contributed by atoms with E-state index in [1.54, 1.807) is 23.9 Å². The average molecular weight is 312 g/mol. The van der Waals surface area contributed by atoms with Crippen LogP contribution >= 0.6 is 35.0 Å². The molecule has 0 saturated carbocycles. The SMILES string of the molecule is Cc1cccc(SCC(N)c2cc(Cl)ccc2Cl)c1. The van der Waals surface area contributed by atoms with Crippen molar-refractivity contribution in [2.24, 2.45) is 5.73 Å². The molecular weight excluding hydrogens is 297 g/mol. The van der Waals surface area contributed by atoms with Crippen molar-refractivity contribution in [2.45, 2.75) is 17.9 Å². The van der Waals surface area contributed by atoms with E-state index in [9.17, 15) is 0 Å². The zero-order valence-electron chi connectivity index (χ0n) is 10.6. The van der Waals surface area contributed by atoms with E-state index in [-0.39, 0.29) is 6.04 Å². The van der Waals surface area contributed by atoms with Gasteiger partial charge in [0.15, 0.2) is 0 Å². The molecule has 1 nitrogen and oxygen atoms in total. The molecule has 0 fully saturated rings. The van der Waals surface area contributed by atoms with Gasteiger partial charge in [-0.1, -0.05) is 40.9 Å². The summed E-state index contributed by atoms with van der Waals surface area (Å²) in [4.78, 5) is 1.22. The second-order valence-electron chi connectivity index (χ2n) is 4.40. The molecule has 19 heavy (non-hydrogen) atoms. The molecule has 0 aliphatic carbocycles. The van der Waals surface area contributed by atoms with Gasteiger partial charge < -0.3 is 5.73 Å². The van der Waals surface area contributed by atoms with Gasteiger partial charge in [-0.15, -0.1) is 11.8 Å². The summed E-state index contributed by atoms with van der Waals surface area (Å²) in [6, 6.07) is 13.6. The average Bonchev–Trinajstić information content (AvgIpc) is 2.39. The van der Waals surface area contributed by atoms with Crippen molar-refractivity contribution in [3.8, 4) is 0 Å². The van der Waals surface area contributed by atoms with Crippen LogP contribution in [0, 0.1) is 6.92 Å². The fourth-order valence-corrected chi connectivity index (χ4v) is 3.21. The van der Waals surface area contributed by atoms with Crippen molar-refractivity contribution < 1.29 is 0 Å². The number of thioether (sulfide) groups is 1. The molecule has 0 aliphatic heterocycles. The Morgan fingerprint density at radius 3 is 2.68 bits per heavy atom. The Morgan fingerprint density at radius 1 is 1.16 bits per heavy atom. The van der Waals surface area contributed by atoms with Crippen LogP contribution in [-0.4, -0.2) is 5.75 Å². The largest absolute Gasteiger partial charge is 0.323 e. The molecule has 0 radical (unpaired) electrons. The van der Waals surface area contributed by atoms with Gasteiger partial charge in [0, 0.05) is 26.7 Å². The summed E-state index contributed by atoms with van der Waals surface area (Å²) in [5.74, 6) is 0.767. The van der Waals surface area contributed by atoms with E-state index in [1.165, 1.54) is 10.5 Å². The Balaban J connectivity index is 2.05. The minimum atomic E-state index is -0.128. The van der Waals surface area contributed by atoms with Gasteiger partial charge in [0.25, 0.3) is 0 Å². The fourth-order valence-electron chi connectivity index (χ4n) is 1.78. The maximum atomic E-state index is 6.19. The number of rotatable bonds is 4. The summed E-state index contributed by atoms with van der Waals surface area (Å²) in [5.41, 5.74) is 8.33. The second kappa shape index (κ2) is 6.67. The van der Waals surface area contributed by atoms with Gasteiger partial charge in [0.1, 0.15) is 0 Å². The Morgan fingerprint density at radius 2 is 1.95 bits per heavy atom. The van der Waals surface area contributed by atoms with E-state index in [0.717, 1.165) is 11.3 Å². The normalized spacial score (nSPS) is 12.4. The van der Waals surface area contributed by atoms with Crippen LogP contribution < -0.4 is 5.73 Å². The molecule has 0 bridgehead atoms. The summed E-state index contributed by atoms with van der Waals surface area (Å²) in [5, 5.41) is 1.33. The summed E-state index contributed by atoms with van der Waals surface area (Å²) in [7, 11) is 0. The zero-order valence-corrected chi connectivity index (χ0v) is 12.9. The monoisotopic (exact) mass is 311 g/mol. The van der Waals surface area contributed by atoms with Gasteiger partial charge in [0.05, 0.1) is 0 Å². The van der Waals surface area contributed by atoms with Gasteiger partial charge in [-0.05, 0) is 42.8 Å². The Bertz CT molecular complexity index is 572. The van der Waals surface area contributed by atoms with E-state index in [1.807, 2.05) is 6.07 Å². The number of nitrogens with two attached hydrogens (primary N) is 1. The maximum Gasteiger partial charge on any atom is 0.0455 e. The topological polar surface area (TPSA) is 26.0 Å². The quantitative estimate of drug-likeness (QED) is 0.795. The number of halogens is 2. The van der Waals surface area contributed by atoms with Crippen LogP contribution in [0.3, 0.4) is 0 Å². The third kappa shape index (κ3) is 4.15. The maximum absolute atomic E-state index is 6.19. The molecule has 2 aromatic rings. The number of benzene rings is 2. The molecule has 0 aromatic heterocycles. The Kier molecular flexibility index (Phi) is 5.17. The minimum Gasteiger partial charge on any atom is -0.323 e. The predicted molar refractivity (Wildman–Crippen MR) is 85.3 cm³/mol. The van der Waals surface area contributed by atoms with Gasteiger partial charge in [-0.2, -0.15) is 0 Å². The van der Waals surface area contributed by atoms with Gasteiger partial charge in [-0.3, -0.25) is 0 Å². The molecule has 2 aromatic carbocycles. The molecule has 2 rings (SSSR count). The van der Waals surface area contributed by atoms with E-state index >= 15 is 0 Å². The standard InChI is InChI=1S/C15H15Cl2NS/c1-10-3-2-4-12(7-10)19-9-15(18)13-8-11(16)5-6-14(13)17/h2-8,15H,9,18H2,1H3. The molecule has 100 valence electrons. The van der Waals surface area contributed by atoms with Crippen LogP contribution in [-0.2, 0) is 0 Å². The van der Waals surface area contributed by atoms with Crippen molar-refractivity contribution in [1.82, 2.24) is 0 Å². The molecule has 0 amide bonds. The number of hydrogen-bond acceptors (Lipinski definition) is 2. The lowest BCUT2D eigenvalue weighted by atomic mass is 10.1. The van der Waals surface area contributed by atoms with Crippen LogP contribution in [0.4, 0.5) is 0 Å².